The Morgan fingerprint density at radius 1 is 1.25 bits per heavy atom. The number of nitrogens with zero attached hydrogens (tertiary/aromatic N) is 2. The van der Waals surface area contributed by atoms with Gasteiger partial charge in [-0.05, 0) is 50.9 Å². The summed E-state index contributed by atoms with van der Waals surface area (Å²) in [4.78, 5) is 17.1. The number of hydrogen-bond acceptors (Lipinski definition) is 3. The maximum atomic E-state index is 12.7. The minimum absolute atomic E-state index is 0.101. The maximum Gasteiger partial charge on any atom is 0.228 e. The zero-order chi connectivity index (χ0) is 16.7. The average Bonchev–Trinajstić information content (AvgIpc) is 3.23. The molecular weight excluding hydrogens is 300 g/mol. The Kier molecular flexibility index (Phi) is 4.13. The summed E-state index contributed by atoms with van der Waals surface area (Å²) in [6.07, 6.45) is 4.27. The quantitative estimate of drug-likeness (QED) is 0.836. The van der Waals surface area contributed by atoms with Crippen LogP contribution in [0.2, 0.25) is 0 Å². The number of piperidine rings is 1. The van der Waals surface area contributed by atoms with Gasteiger partial charge >= 0.3 is 0 Å². The van der Waals surface area contributed by atoms with Crippen LogP contribution in [0.5, 0.6) is 0 Å². The van der Waals surface area contributed by atoms with Crippen molar-refractivity contribution in [3.05, 3.63) is 35.4 Å². The molecule has 1 aromatic carbocycles. The number of fused-ring (bicyclic) bond motifs is 2. The smallest absolute Gasteiger partial charge is 0.228 e. The fraction of sp³-hybridized carbons (Fsp3) is 0.650. The van der Waals surface area contributed by atoms with Crippen LogP contribution < -0.4 is 0 Å². The highest BCUT2D eigenvalue weighted by molar-refractivity contribution is 5.79. The van der Waals surface area contributed by atoms with Crippen molar-refractivity contribution in [2.75, 3.05) is 40.4 Å². The minimum atomic E-state index is 0.101. The SMILES string of the molecule is CN(C)C1CC2(CCN(C(=O)C3CCOC3)CC2)c2ccccc21. The van der Waals surface area contributed by atoms with E-state index in [-0.39, 0.29) is 11.3 Å². The van der Waals surface area contributed by atoms with E-state index in [4.69, 9.17) is 4.74 Å². The van der Waals surface area contributed by atoms with Crippen LogP contribution in [0.1, 0.15) is 42.9 Å². The van der Waals surface area contributed by atoms with Crippen molar-refractivity contribution in [1.29, 1.82) is 0 Å². The summed E-state index contributed by atoms with van der Waals surface area (Å²) in [5.41, 5.74) is 3.28. The summed E-state index contributed by atoms with van der Waals surface area (Å²) in [5, 5.41) is 0. The van der Waals surface area contributed by atoms with Gasteiger partial charge in [-0.15, -0.1) is 0 Å². The lowest BCUT2D eigenvalue weighted by atomic mass is 9.73. The molecule has 0 N–H and O–H groups in total. The Labute approximate surface area is 144 Å². The number of ether oxygens (including phenoxy) is 1. The normalized spacial score (nSPS) is 28.5. The van der Waals surface area contributed by atoms with Gasteiger partial charge in [-0.3, -0.25) is 4.79 Å². The molecule has 130 valence electrons. The molecule has 0 radical (unpaired) electrons. The van der Waals surface area contributed by atoms with Crippen LogP contribution in [0.15, 0.2) is 24.3 Å². The van der Waals surface area contributed by atoms with E-state index in [0.29, 0.717) is 18.6 Å². The van der Waals surface area contributed by atoms with E-state index in [1.54, 1.807) is 0 Å². The predicted octanol–water partition coefficient (Wildman–Crippen LogP) is 2.59. The second-order valence-electron chi connectivity index (χ2n) is 7.94. The Morgan fingerprint density at radius 2 is 2.00 bits per heavy atom. The molecule has 2 heterocycles. The summed E-state index contributed by atoms with van der Waals surface area (Å²) in [6.45, 7) is 3.14. The molecular formula is C20H28N2O2. The van der Waals surface area contributed by atoms with Crippen LogP contribution >= 0.6 is 0 Å². The molecule has 24 heavy (non-hydrogen) atoms. The molecule has 0 saturated carbocycles. The van der Waals surface area contributed by atoms with Crippen LogP contribution in [0.4, 0.5) is 0 Å². The van der Waals surface area contributed by atoms with Crippen molar-refractivity contribution in [3.63, 3.8) is 0 Å². The van der Waals surface area contributed by atoms with E-state index in [1.807, 2.05) is 0 Å². The monoisotopic (exact) mass is 328 g/mol. The molecule has 2 saturated heterocycles. The van der Waals surface area contributed by atoms with Gasteiger partial charge in [-0.1, -0.05) is 24.3 Å². The molecule has 4 heteroatoms. The third-order valence-electron chi connectivity index (χ3n) is 6.41. The average molecular weight is 328 g/mol. The third-order valence-corrected chi connectivity index (χ3v) is 6.41. The fourth-order valence-electron chi connectivity index (χ4n) is 4.94. The Bertz CT molecular complexity index is 614. The van der Waals surface area contributed by atoms with E-state index >= 15 is 0 Å². The van der Waals surface area contributed by atoms with Gasteiger partial charge in [-0.2, -0.15) is 0 Å². The molecule has 2 unspecified atom stereocenters. The Hall–Kier alpha value is -1.39. The first-order valence-electron chi connectivity index (χ1n) is 9.23. The first-order chi connectivity index (χ1) is 11.6. The summed E-state index contributed by atoms with van der Waals surface area (Å²) < 4.78 is 5.40. The molecule has 1 aliphatic carbocycles. The van der Waals surface area contributed by atoms with E-state index in [9.17, 15) is 4.79 Å². The lowest BCUT2D eigenvalue weighted by Crippen LogP contribution is -2.46. The Balaban J connectivity index is 1.51. The molecule has 0 aromatic heterocycles. The van der Waals surface area contributed by atoms with E-state index in [1.165, 1.54) is 17.5 Å². The molecule has 3 aliphatic rings. The number of carbonyl (C=O) groups excluding carboxylic acids is 1. The molecule has 2 fully saturated rings. The number of amides is 1. The van der Waals surface area contributed by atoms with Gasteiger partial charge in [0.05, 0.1) is 12.5 Å². The van der Waals surface area contributed by atoms with Gasteiger partial charge < -0.3 is 14.5 Å². The first kappa shape index (κ1) is 16.1. The fourth-order valence-corrected chi connectivity index (χ4v) is 4.94. The Morgan fingerprint density at radius 3 is 2.67 bits per heavy atom. The lowest BCUT2D eigenvalue weighted by Gasteiger charge is -2.41. The van der Waals surface area contributed by atoms with E-state index in [2.05, 4.69) is 48.2 Å². The van der Waals surface area contributed by atoms with Crippen LogP contribution in [0, 0.1) is 5.92 Å². The van der Waals surface area contributed by atoms with Crippen molar-refractivity contribution >= 4 is 5.91 Å². The predicted molar refractivity (Wildman–Crippen MR) is 93.9 cm³/mol. The minimum Gasteiger partial charge on any atom is -0.381 e. The molecule has 0 bridgehead atoms. The van der Waals surface area contributed by atoms with Crippen molar-refractivity contribution in [3.8, 4) is 0 Å². The van der Waals surface area contributed by atoms with E-state index in [0.717, 1.165) is 39.0 Å². The van der Waals surface area contributed by atoms with Gasteiger partial charge in [0.15, 0.2) is 0 Å². The maximum absolute atomic E-state index is 12.7. The molecule has 1 aromatic rings. The first-order valence-corrected chi connectivity index (χ1v) is 9.23. The number of hydrogen-bond donors (Lipinski definition) is 0. The lowest BCUT2D eigenvalue weighted by molar-refractivity contribution is -0.137. The second-order valence-corrected chi connectivity index (χ2v) is 7.94. The number of rotatable bonds is 2. The standard InChI is InChI=1S/C20H28N2O2/c1-21(2)18-13-20(17-6-4-3-5-16(17)18)8-10-22(11-9-20)19(23)15-7-12-24-14-15/h3-6,15,18H,7-14H2,1-2H3. The van der Waals surface area contributed by atoms with Crippen molar-refractivity contribution in [2.24, 2.45) is 5.92 Å². The number of likely N-dealkylation sites (tertiary alicyclic amines) is 1. The van der Waals surface area contributed by atoms with Gasteiger partial charge in [-0.25, -0.2) is 0 Å². The van der Waals surface area contributed by atoms with E-state index < -0.39 is 0 Å². The van der Waals surface area contributed by atoms with Crippen LogP contribution in [0.3, 0.4) is 0 Å². The molecule has 2 aliphatic heterocycles. The van der Waals surface area contributed by atoms with Crippen LogP contribution in [-0.4, -0.2) is 56.1 Å². The highest BCUT2D eigenvalue weighted by Gasteiger charge is 2.46. The van der Waals surface area contributed by atoms with Crippen molar-refractivity contribution in [2.45, 2.75) is 37.1 Å². The third kappa shape index (κ3) is 2.56. The second kappa shape index (κ2) is 6.16. The molecule has 1 spiro atoms. The number of carbonyl (C=O) groups is 1. The largest absolute Gasteiger partial charge is 0.381 e. The topological polar surface area (TPSA) is 32.8 Å². The summed E-state index contributed by atoms with van der Waals surface area (Å²) in [6, 6.07) is 9.45. The highest BCUT2D eigenvalue weighted by Crippen LogP contribution is 2.52. The van der Waals surface area contributed by atoms with Crippen molar-refractivity contribution < 1.29 is 9.53 Å². The molecule has 4 nitrogen and oxygen atoms in total. The molecule has 2 atom stereocenters. The van der Waals surface area contributed by atoms with Gasteiger partial charge in [0.25, 0.3) is 0 Å². The van der Waals surface area contributed by atoms with Gasteiger partial charge in [0.2, 0.25) is 5.91 Å². The highest BCUT2D eigenvalue weighted by atomic mass is 16.5. The van der Waals surface area contributed by atoms with Crippen LogP contribution in [0.25, 0.3) is 0 Å². The summed E-state index contributed by atoms with van der Waals surface area (Å²) >= 11 is 0. The van der Waals surface area contributed by atoms with Gasteiger partial charge in [0, 0.05) is 31.2 Å². The van der Waals surface area contributed by atoms with Crippen molar-refractivity contribution in [1.82, 2.24) is 9.80 Å². The summed E-state index contributed by atoms with van der Waals surface area (Å²) in [7, 11) is 4.36. The molecule has 4 rings (SSSR count). The number of benzene rings is 1. The zero-order valence-electron chi connectivity index (χ0n) is 14.8. The molecule has 1 amide bonds. The van der Waals surface area contributed by atoms with Gasteiger partial charge in [0.1, 0.15) is 0 Å². The zero-order valence-corrected chi connectivity index (χ0v) is 14.8. The summed E-state index contributed by atoms with van der Waals surface area (Å²) in [5.74, 6) is 0.419. The van der Waals surface area contributed by atoms with Crippen LogP contribution in [-0.2, 0) is 14.9 Å².